The Hall–Kier alpha value is -5.37. The number of amides is 1. The van der Waals surface area contributed by atoms with E-state index in [-0.39, 0.29) is 5.91 Å². The maximum Gasteiger partial charge on any atom is 0.249 e. The Labute approximate surface area is 231 Å². The van der Waals surface area contributed by atoms with Crippen LogP contribution in [0.4, 0.5) is 23.0 Å². The van der Waals surface area contributed by atoms with Gasteiger partial charge in [0.25, 0.3) is 0 Å². The third-order valence-corrected chi connectivity index (χ3v) is 6.72. The van der Waals surface area contributed by atoms with E-state index < -0.39 is 0 Å². The number of hydrogen-bond acceptors (Lipinski definition) is 6. The number of hydrogen-bond donors (Lipinski definition) is 2. The molecule has 0 saturated heterocycles. The van der Waals surface area contributed by atoms with Gasteiger partial charge in [0, 0.05) is 16.5 Å². The molecule has 40 heavy (non-hydrogen) atoms. The minimum atomic E-state index is -0.249. The number of benzene rings is 3. The molecule has 6 rings (SSSR count). The summed E-state index contributed by atoms with van der Waals surface area (Å²) in [6.07, 6.45) is 9.92. The molecule has 196 valence electrons. The predicted molar refractivity (Wildman–Crippen MR) is 159 cm³/mol. The van der Waals surface area contributed by atoms with Crippen molar-refractivity contribution in [3.8, 4) is 0 Å². The Bertz CT molecular complexity index is 1830. The number of fused-ring (bicyclic) bond motifs is 2. The number of nitrogens with one attached hydrogen (secondary N) is 2. The van der Waals surface area contributed by atoms with Crippen molar-refractivity contribution in [1.29, 1.82) is 0 Å². The third-order valence-electron chi connectivity index (χ3n) is 6.72. The van der Waals surface area contributed by atoms with Crippen LogP contribution in [0.15, 0.2) is 110 Å². The molecule has 1 amide bonds. The molecule has 8 heteroatoms. The van der Waals surface area contributed by atoms with E-state index in [1.54, 1.807) is 25.5 Å². The highest BCUT2D eigenvalue weighted by molar-refractivity contribution is 6.02. The van der Waals surface area contributed by atoms with E-state index in [0.29, 0.717) is 17.2 Å². The van der Waals surface area contributed by atoms with Crippen molar-refractivity contribution in [2.45, 2.75) is 19.8 Å². The van der Waals surface area contributed by atoms with Gasteiger partial charge in [0.1, 0.15) is 18.0 Å². The summed E-state index contributed by atoms with van der Waals surface area (Å²) >= 11 is 0. The first-order valence-electron chi connectivity index (χ1n) is 13.1. The molecule has 3 heterocycles. The smallest absolute Gasteiger partial charge is 0.249 e. The Balaban J connectivity index is 1.51. The molecule has 0 aliphatic carbocycles. The number of aromatic nitrogens is 5. The molecule has 8 nitrogen and oxygen atoms in total. The number of allylic oxidation sites excluding steroid dienone is 1. The van der Waals surface area contributed by atoms with Gasteiger partial charge in [0.15, 0.2) is 0 Å². The SMILES string of the molecule is CC=CC(=O)Nc1cc2c(N(c3ccc4[nH]ncc4c3)c3ccccc3CCc3ccccc3)ncnc2cn1. The Kier molecular flexibility index (Phi) is 6.96. The van der Waals surface area contributed by atoms with E-state index in [1.807, 2.05) is 30.5 Å². The zero-order chi connectivity index (χ0) is 27.3. The van der Waals surface area contributed by atoms with Crippen molar-refractivity contribution in [2.75, 3.05) is 10.2 Å². The van der Waals surface area contributed by atoms with E-state index in [9.17, 15) is 4.79 Å². The van der Waals surface area contributed by atoms with Crippen molar-refractivity contribution in [3.05, 3.63) is 121 Å². The van der Waals surface area contributed by atoms with Gasteiger partial charge in [0.05, 0.1) is 29.1 Å². The van der Waals surface area contributed by atoms with Gasteiger partial charge in [-0.05, 0) is 67.3 Å². The number of anilines is 4. The summed E-state index contributed by atoms with van der Waals surface area (Å²) in [5.74, 6) is 0.861. The topological polar surface area (TPSA) is 99.7 Å². The first-order chi connectivity index (χ1) is 19.7. The van der Waals surface area contributed by atoms with Gasteiger partial charge in [-0.25, -0.2) is 15.0 Å². The van der Waals surface area contributed by atoms with Gasteiger partial charge in [-0.3, -0.25) is 14.8 Å². The number of aryl methyl sites for hydroxylation is 2. The van der Waals surface area contributed by atoms with E-state index in [2.05, 4.69) is 85.0 Å². The molecule has 0 saturated carbocycles. The van der Waals surface area contributed by atoms with Crippen molar-refractivity contribution in [2.24, 2.45) is 0 Å². The first kappa shape index (κ1) is 24.9. The second kappa shape index (κ2) is 11.2. The fourth-order valence-corrected chi connectivity index (χ4v) is 4.82. The van der Waals surface area contributed by atoms with Crippen LogP contribution in [0.5, 0.6) is 0 Å². The summed E-state index contributed by atoms with van der Waals surface area (Å²) in [5, 5.41) is 11.8. The second-order valence-corrected chi connectivity index (χ2v) is 9.36. The van der Waals surface area contributed by atoms with Crippen molar-refractivity contribution in [1.82, 2.24) is 25.1 Å². The van der Waals surface area contributed by atoms with Crippen molar-refractivity contribution in [3.63, 3.8) is 0 Å². The van der Waals surface area contributed by atoms with Crippen LogP contribution in [0.25, 0.3) is 21.8 Å². The fourth-order valence-electron chi connectivity index (χ4n) is 4.82. The summed E-state index contributed by atoms with van der Waals surface area (Å²) in [7, 11) is 0. The lowest BCUT2D eigenvalue weighted by molar-refractivity contribution is -0.111. The molecule has 0 aliphatic rings. The van der Waals surface area contributed by atoms with E-state index in [0.717, 1.165) is 40.5 Å². The van der Waals surface area contributed by atoms with Crippen LogP contribution in [0.1, 0.15) is 18.1 Å². The van der Waals surface area contributed by atoms with Crippen molar-refractivity contribution >= 4 is 50.7 Å². The molecule has 3 aromatic carbocycles. The third kappa shape index (κ3) is 5.15. The Morgan fingerprint density at radius 1 is 0.925 bits per heavy atom. The van der Waals surface area contributed by atoms with Gasteiger partial charge in [-0.1, -0.05) is 54.6 Å². The largest absolute Gasteiger partial charge is 0.307 e. The van der Waals surface area contributed by atoms with Crippen LogP contribution in [0.2, 0.25) is 0 Å². The maximum absolute atomic E-state index is 12.3. The number of H-pyrrole nitrogens is 1. The normalized spacial score (nSPS) is 11.3. The zero-order valence-electron chi connectivity index (χ0n) is 22.0. The monoisotopic (exact) mass is 525 g/mol. The minimum absolute atomic E-state index is 0.249. The second-order valence-electron chi connectivity index (χ2n) is 9.36. The summed E-state index contributed by atoms with van der Waals surface area (Å²) in [6, 6.07) is 26.9. The predicted octanol–water partition coefficient (Wildman–Crippen LogP) is 6.67. The molecule has 0 bridgehead atoms. The number of para-hydroxylation sites is 1. The minimum Gasteiger partial charge on any atom is -0.307 e. The average Bonchev–Trinajstić information content (AvgIpc) is 3.46. The average molecular weight is 526 g/mol. The number of nitrogens with zero attached hydrogens (tertiary/aromatic N) is 5. The molecular weight excluding hydrogens is 498 g/mol. The number of carbonyl (C=O) groups excluding carboxylic acids is 1. The van der Waals surface area contributed by atoms with Crippen LogP contribution in [-0.4, -0.2) is 31.1 Å². The zero-order valence-corrected chi connectivity index (χ0v) is 22.0. The number of pyridine rings is 1. The molecule has 0 fully saturated rings. The molecule has 2 N–H and O–H groups in total. The summed E-state index contributed by atoms with van der Waals surface area (Å²) in [6.45, 7) is 1.79. The fraction of sp³-hybridized carbons (Fsp3) is 0.0938. The number of carbonyl (C=O) groups is 1. The standard InChI is InChI=1S/C32H27N7O/c1-2-8-31(40)37-30-18-26-28(20-33-30)34-21-35-32(26)39(25-15-16-27-24(17-25)19-36-38-27)29-12-7-6-11-23(29)14-13-22-9-4-3-5-10-22/h2-12,15-21H,13-14H2,1H3,(H,36,38)(H,33,37,40). The van der Waals surface area contributed by atoms with Crippen LogP contribution in [0, 0.1) is 0 Å². The van der Waals surface area contributed by atoms with Crippen LogP contribution < -0.4 is 10.2 Å². The summed E-state index contributed by atoms with van der Waals surface area (Å²) < 4.78 is 0. The van der Waals surface area contributed by atoms with E-state index in [1.165, 1.54) is 17.2 Å². The number of aromatic amines is 1. The van der Waals surface area contributed by atoms with Gasteiger partial charge < -0.3 is 5.32 Å². The van der Waals surface area contributed by atoms with Crippen molar-refractivity contribution < 1.29 is 4.79 Å². The van der Waals surface area contributed by atoms with E-state index in [4.69, 9.17) is 4.98 Å². The highest BCUT2D eigenvalue weighted by Gasteiger charge is 2.21. The van der Waals surface area contributed by atoms with E-state index >= 15 is 0 Å². The van der Waals surface area contributed by atoms with Crippen LogP contribution in [-0.2, 0) is 17.6 Å². The van der Waals surface area contributed by atoms with Gasteiger partial charge in [-0.15, -0.1) is 0 Å². The summed E-state index contributed by atoms with van der Waals surface area (Å²) in [5.41, 5.74) is 6.02. The highest BCUT2D eigenvalue weighted by Crippen LogP contribution is 2.40. The molecule has 3 aromatic heterocycles. The lowest BCUT2D eigenvalue weighted by atomic mass is 10.0. The molecule has 0 atom stereocenters. The first-order valence-corrected chi connectivity index (χ1v) is 13.1. The van der Waals surface area contributed by atoms with Crippen LogP contribution >= 0.6 is 0 Å². The quantitative estimate of drug-likeness (QED) is 0.215. The lowest BCUT2D eigenvalue weighted by Crippen LogP contribution is -2.15. The number of rotatable bonds is 8. The molecule has 0 unspecified atom stereocenters. The molecule has 0 aliphatic heterocycles. The Morgan fingerprint density at radius 3 is 2.65 bits per heavy atom. The molecular formula is C32H27N7O. The van der Waals surface area contributed by atoms with Gasteiger partial charge in [0.2, 0.25) is 5.91 Å². The lowest BCUT2D eigenvalue weighted by Gasteiger charge is -2.27. The highest BCUT2D eigenvalue weighted by atomic mass is 16.1. The molecule has 0 spiro atoms. The van der Waals surface area contributed by atoms with Crippen LogP contribution in [0.3, 0.4) is 0 Å². The Morgan fingerprint density at radius 2 is 1.77 bits per heavy atom. The maximum atomic E-state index is 12.3. The molecule has 6 aromatic rings. The summed E-state index contributed by atoms with van der Waals surface area (Å²) in [4.78, 5) is 28.1. The van der Waals surface area contributed by atoms with Gasteiger partial charge >= 0.3 is 0 Å². The molecule has 0 radical (unpaired) electrons. The van der Waals surface area contributed by atoms with Gasteiger partial charge in [-0.2, -0.15) is 5.10 Å².